The van der Waals surface area contributed by atoms with Gasteiger partial charge in [0.05, 0.1) is 12.6 Å². The van der Waals surface area contributed by atoms with E-state index in [0.29, 0.717) is 13.1 Å². The van der Waals surface area contributed by atoms with Crippen LogP contribution >= 0.6 is 0 Å². The molecule has 0 bridgehead atoms. The highest BCUT2D eigenvalue weighted by Crippen LogP contribution is 2.17. The van der Waals surface area contributed by atoms with Crippen LogP contribution in [0.1, 0.15) is 39.7 Å². The average Bonchev–Trinajstić information content (AvgIpc) is 3.36. The molecule has 3 N–H and O–H groups in total. The minimum Gasteiger partial charge on any atom is -0.444 e. The van der Waals surface area contributed by atoms with Gasteiger partial charge in [-0.2, -0.15) is 5.10 Å². The van der Waals surface area contributed by atoms with Crippen LogP contribution in [0, 0.1) is 0 Å². The summed E-state index contributed by atoms with van der Waals surface area (Å²) in [5, 5.41) is 13.1. The van der Waals surface area contributed by atoms with Gasteiger partial charge in [-0.3, -0.25) is 5.10 Å². The molecule has 1 aromatic heterocycles. The lowest BCUT2D eigenvalue weighted by atomic mass is 10.1. The maximum absolute atomic E-state index is 12.0. The Labute approximate surface area is 177 Å². The van der Waals surface area contributed by atoms with E-state index in [9.17, 15) is 4.79 Å². The number of rotatable bonds is 5. The Kier molecular flexibility index (Phi) is 6.91. The Bertz CT molecular complexity index is 858. The predicted octanol–water partition coefficient (Wildman–Crippen LogP) is 2.54. The summed E-state index contributed by atoms with van der Waals surface area (Å²) >= 11 is 0. The highest BCUT2D eigenvalue weighted by Gasteiger charge is 2.27. The second-order valence-corrected chi connectivity index (χ2v) is 8.28. The summed E-state index contributed by atoms with van der Waals surface area (Å²) in [4.78, 5) is 23.2. The Morgan fingerprint density at radius 2 is 2.23 bits per heavy atom. The van der Waals surface area contributed by atoms with Crippen LogP contribution < -0.4 is 10.6 Å². The minimum atomic E-state index is -0.501. The highest BCUT2D eigenvalue weighted by molar-refractivity contribution is 5.80. The van der Waals surface area contributed by atoms with E-state index in [0.717, 1.165) is 42.4 Å². The normalized spacial score (nSPS) is 17.1. The summed E-state index contributed by atoms with van der Waals surface area (Å²) in [5.74, 6) is 1.58. The lowest BCUT2D eigenvalue weighted by Gasteiger charge is -2.23. The maximum Gasteiger partial charge on any atom is 0.407 e. The zero-order valence-corrected chi connectivity index (χ0v) is 18.1. The molecule has 1 aliphatic rings. The predicted molar refractivity (Wildman–Crippen MR) is 116 cm³/mol. The largest absolute Gasteiger partial charge is 0.444 e. The SMILES string of the molecule is CCNC(=NCc1cccc(-c2ncn[nH]2)c1)N1CCC(NC(=O)OC(C)(C)C)C1. The van der Waals surface area contributed by atoms with E-state index in [1.165, 1.54) is 6.33 Å². The van der Waals surface area contributed by atoms with Crippen molar-refractivity contribution in [2.24, 2.45) is 4.99 Å². The van der Waals surface area contributed by atoms with Crippen LogP contribution in [-0.2, 0) is 11.3 Å². The van der Waals surface area contributed by atoms with Gasteiger partial charge in [0.25, 0.3) is 0 Å². The second kappa shape index (κ2) is 9.60. The molecule has 1 fully saturated rings. The molecule has 0 aliphatic carbocycles. The van der Waals surface area contributed by atoms with Gasteiger partial charge in [0.2, 0.25) is 0 Å². The number of amides is 1. The van der Waals surface area contributed by atoms with Crippen LogP contribution in [0.5, 0.6) is 0 Å². The van der Waals surface area contributed by atoms with Gasteiger partial charge in [0, 0.05) is 25.2 Å². The summed E-state index contributed by atoms with van der Waals surface area (Å²) in [7, 11) is 0. The third kappa shape index (κ3) is 6.20. The van der Waals surface area contributed by atoms with E-state index in [1.54, 1.807) is 0 Å². The molecule has 30 heavy (non-hydrogen) atoms. The molecular formula is C21H31N7O2. The number of likely N-dealkylation sites (tertiary alicyclic amines) is 1. The number of ether oxygens (including phenoxy) is 1. The quantitative estimate of drug-likeness (QED) is 0.514. The molecule has 162 valence electrons. The summed E-state index contributed by atoms with van der Waals surface area (Å²) in [6, 6.07) is 8.13. The number of alkyl carbamates (subject to hydrolysis) is 1. The fraction of sp³-hybridized carbons (Fsp3) is 0.524. The molecule has 9 nitrogen and oxygen atoms in total. The Morgan fingerprint density at radius 3 is 2.93 bits per heavy atom. The molecule has 0 saturated carbocycles. The molecular weight excluding hydrogens is 382 g/mol. The third-order valence-electron chi connectivity index (χ3n) is 4.57. The second-order valence-electron chi connectivity index (χ2n) is 8.28. The first-order valence-corrected chi connectivity index (χ1v) is 10.3. The smallest absolute Gasteiger partial charge is 0.407 e. The van der Waals surface area contributed by atoms with Crippen molar-refractivity contribution in [1.29, 1.82) is 0 Å². The van der Waals surface area contributed by atoms with Crippen molar-refractivity contribution in [3.63, 3.8) is 0 Å². The molecule has 2 heterocycles. The number of carbonyl (C=O) groups is 1. The monoisotopic (exact) mass is 413 g/mol. The molecule has 3 rings (SSSR count). The Hall–Kier alpha value is -3.10. The first-order valence-electron chi connectivity index (χ1n) is 10.3. The molecule has 1 aromatic carbocycles. The van der Waals surface area contributed by atoms with Crippen LogP contribution in [0.2, 0.25) is 0 Å². The van der Waals surface area contributed by atoms with Crippen molar-refractivity contribution in [3.8, 4) is 11.4 Å². The molecule has 1 saturated heterocycles. The molecule has 1 unspecified atom stereocenters. The number of aromatic amines is 1. The zero-order valence-electron chi connectivity index (χ0n) is 18.1. The molecule has 1 aliphatic heterocycles. The standard InChI is InChI=1S/C21H31N7O2/c1-5-22-19(28-10-9-17(13-28)26-20(29)30-21(2,3)4)23-12-15-7-6-8-16(11-15)18-24-14-25-27-18/h6-8,11,14,17H,5,9-10,12-13H2,1-4H3,(H,22,23)(H,26,29)(H,24,25,27). The first kappa shape index (κ1) is 21.6. The van der Waals surface area contributed by atoms with Gasteiger partial charge < -0.3 is 20.3 Å². The number of benzene rings is 1. The summed E-state index contributed by atoms with van der Waals surface area (Å²) < 4.78 is 5.36. The Morgan fingerprint density at radius 1 is 1.40 bits per heavy atom. The zero-order chi connectivity index (χ0) is 21.6. The van der Waals surface area contributed by atoms with Crippen molar-refractivity contribution in [3.05, 3.63) is 36.2 Å². The van der Waals surface area contributed by atoms with Gasteiger partial charge in [-0.05, 0) is 45.7 Å². The third-order valence-corrected chi connectivity index (χ3v) is 4.57. The van der Waals surface area contributed by atoms with Crippen LogP contribution in [0.4, 0.5) is 4.79 Å². The van der Waals surface area contributed by atoms with E-state index in [2.05, 4.69) is 36.8 Å². The van der Waals surface area contributed by atoms with Crippen LogP contribution in [0.25, 0.3) is 11.4 Å². The fourth-order valence-corrected chi connectivity index (χ4v) is 3.30. The van der Waals surface area contributed by atoms with Gasteiger partial charge in [-0.15, -0.1) is 0 Å². The number of guanidine groups is 1. The number of nitrogens with zero attached hydrogens (tertiary/aromatic N) is 4. The highest BCUT2D eigenvalue weighted by atomic mass is 16.6. The van der Waals surface area contributed by atoms with E-state index in [1.807, 2.05) is 45.9 Å². The number of H-pyrrole nitrogens is 1. The van der Waals surface area contributed by atoms with Gasteiger partial charge in [-0.25, -0.2) is 14.8 Å². The molecule has 0 radical (unpaired) electrons. The van der Waals surface area contributed by atoms with E-state index >= 15 is 0 Å². The van der Waals surface area contributed by atoms with Crippen LogP contribution in [-0.4, -0.2) is 63.4 Å². The number of aromatic nitrogens is 3. The van der Waals surface area contributed by atoms with Crippen molar-refractivity contribution in [2.75, 3.05) is 19.6 Å². The van der Waals surface area contributed by atoms with Crippen molar-refractivity contribution >= 4 is 12.1 Å². The number of nitrogens with one attached hydrogen (secondary N) is 3. The van der Waals surface area contributed by atoms with Crippen molar-refractivity contribution < 1.29 is 9.53 Å². The van der Waals surface area contributed by atoms with Gasteiger partial charge in [-0.1, -0.05) is 18.2 Å². The summed E-state index contributed by atoms with van der Waals surface area (Å²) in [6.45, 7) is 10.5. The van der Waals surface area contributed by atoms with E-state index in [-0.39, 0.29) is 12.1 Å². The van der Waals surface area contributed by atoms with Crippen LogP contribution in [0.15, 0.2) is 35.6 Å². The minimum absolute atomic E-state index is 0.0403. The molecule has 0 spiro atoms. The van der Waals surface area contributed by atoms with Crippen molar-refractivity contribution in [1.82, 2.24) is 30.7 Å². The number of carbonyl (C=O) groups excluding carboxylic acids is 1. The molecule has 2 aromatic rings. The fourth-order valence-electron chi connectivity index (χ4n) is 3.30. The lowest BCUT2D eigenvalue weighted by Crippen LogP contribution is -2.44. The van der Waals surface area contributed by atoms with Gasteiger partial charge in [0.15, 0.2) is 11.8 Å². The first-order chi connectivity index (χ1) is 14.3. The Balaban J connectivity index is 1.61. The maximum atomic E-state index is 12.0. The van der Waals surface area contributed by atoms with Gasteiger partial charge >= 0.3 is 6.09 Å². The molecule has 1 atom stereocenters. The summed E-state index contributed by atoms with van der Waals surface area (Å²) in [5.41, 5.74) is 1.56. The number of aliphatic imine (C=N–C) groups is 1. The van der Waals surface area contributed by atoms with Crippen molar-refractivity contribution in [2.45, 2.75) is 52.3 Å². The van der Waals surface area contributed by atoms with Crippen LogP contribution in [0.3, 0.4) is 0 Å². The lowest BCUT2D eigenvalue weighted by molar-refractivity contribution is 0.0507. The van der Waals surface area contributed by atoms with Gasteiger partial charge in [0.1, 0.15) is 11.9 Å². The molecule has 1 amide bonds. The topological polar surface area (TPSA) is 108 Å². The van der Waals surface area contributed by atoms with E-state index < -0.39 is 5.60 Å². The average molecular weight is 414 g/mol. The summed E-state index contributed by atoms with van der Waals surface area (Å²) in [6.07, 6.45) is 1.98. The molecule has 9 heteroatoms. The number of hydrogen-bond donors (Lipinski definition) is 3. The van der Waals surface area contributed by atoms with E-state index in [4.69, 9.17) is 9.73 Å². The number of hydrogen-bond acceptors (Lipinski definition) is 5.